The van der Waals surface area contributed by atoms with Gasteiger partial charge in [-0.3, -0.25) is 14.4 Å². The number of carbonyl (C=O) groups excluding carboxylic acids is 3. The van der Waals surface area contributed by atoms with Crippen LogP contribution in [0.4, 0.5) is 0 Å². The Labute approximate surface area is 151 Å². The number of hydrogen-bond donors (Lipinski definition) is 1. The zero-order valence-corrected chi connectivity index (χ0v) is 15.4. The minimum Gasteiger partial charge on any atom is -0.352 e. The number of nitrogens with one attached hydrogen (secondary N) is 1. The van der Waals surface area contributed by atoms with Crippen LogP contribution < -0.4 is 5.32 Å². The quantitative estimate of drug-likeness (QED) is 0.847. The Balaban J connectivity index is 1.61. The summed E-state index contributed by atoms with van der Waals surface area (Å²) in [4.78, 5) is 40.8. The standard InChI is InChI=1S/C19H24N2O3S/c1-11(22)21-7-6-16-14(10-21)18(19(24)20-9-12-2-3-12)17(25-16)8-15(23)13-4-5-13/h12-13H,2-10H2,1H3,(H,20,24). The highest BCUT2D eigenvalue weighted by atomic mass is 32.1. The van der Waals surface area contributed by atoms with Gasteiger partial charge < -0.3 is 10.2 Å². The molecule has 0 unspecified atom stereocenters. The number of Topliss-reactive ketones (excluding diaryl/α,β-unsaturated/α-hetero) is 1. The normalized spacial score (nSPS) is 19.5. The molecule has 2 fully saturated rings. The number of carbonyl (C=O) groups is 3. The van der Waals surface area contributed by atoms with Crippen molar-refractivity contribution in [3.05, 3.63) is 20.9 Å². The van der Waals surface area contributed by atoms with E-state index in [0.29, 0.717) is 31.0 Å². The van der Waals surface area contributed by atoms with E-state index in [1.54, 1.807) is 23.2 Å². The molecule has 0 saturated heterocycles. The van der Waals surface area contributed by atoms with E-state index in [1.807, 2.05) is 0 Å². The maximum Gasteiger partial charge on any atom is 0.252 e. The second-order valence-electron chi connectivity index (χ2n) is 7.56. The van der Waals surface area contributed by atoms with Crippen molar-refractivity contribution in [2.45, 2.75) is 52.0 Å². The van der Waals surface area contributed by atoms with E-state index in [4.69, 9.17) is 0 Å². The summed E-state index contributed by atoms with van der Waals surface area (Å²) in [6, 6.07) is 0. The molecule has 4 rings (SSSR count). The molecule has 0 bridgehead atoms. The highest BCUT2D eigenvalue weighted by molar-refractivity contribution is 7.12. The predicted molar refractivity (Wildman–Crippen MR) is 95.6 cm³/mol. The molecule has 3 aliphatic rings. The molecule has 0 atom stereocenters. The fraction of sp³-hybridized carbons (Fsp3) is 0.632. The summed E-state index contributed by atoms with van der Waals surface area (Å²) in [5.41, 5.74) is 1.65. The molecule has 5 nitrogen and oxygen atoms in total. The molecule has 2 aliphatic carbocycles. The van der Waals surface area contributed by atoms with Gasteiger partial charge in [-0.25, -0.2) is 0 Å². The SMILES string of the molecule is CC(=O)N1CCc2sc(CC(=O)C3CC3)c(C(=O)NCC3CC3)c2C1. The Hall–Kier alpha value is -1.69. The van der Waals surface area contributed by atoms with Gasteiger partial charge >= 0.3 is 0 Å². The van der Waals surface area contributed by atoms with Crippen LogP contribution in [-0.4, -0.2) is 35.6 Å². The first-order valence-corrected chi connectivity index (χ1v) is 10.0. The van der Waals surface area contributed by atoms with Crippen LogP contribution in [0.5, 0.6) is 0 Å². The molecular weight excluding hydrogens is 336 g/mol. The number of ketones is 1. The van der Waals surface area contributed by atoms with Gasteiger partial charge in [-0.1, -0.05) is 0 Å². The summed E-state index contributed by atoms with van der Waals surface area (Å²) in [5, 5.41) is 3.05. The summed E-state index contributed by atoms with van der Waals surface area (Å²) in [5.74, 6) is 1.06. The van der Waals surface area contributed by atoms with Crippen LogP contribution in [0.15, 0.2) is 0 Å². The zero-order chi connectivity index (χ0) is 17.6. The lowest BCUT2D eigenvalue weighted by molar-refractivity contribution is -0.129. The van der Waals surface area contributed by atoms with Crippen LogP contribution >= 0.6 is 11.3 Å². The number of rotatable bonds is 6. The number of thiophene rings is 1. The topological polar surface area (TPSA) is 66.5 Å². The summed E-state index contributed by atoms with van der Waals surface area (Å²) in [7, 11) is 0. The minimum absolute atomic E-state index is 0.0387. The van der Waals surface area contributed by atoms with E-state index in [1.165, 1.54) is 17.7 Å². The molecule has 1 aromatic rings. The van der Waals surface area contributed by atoms with E-state index >= 15 is 0 Å². The number of fused-ring (bicyclic) bond motifs is 1. The van der Waals surface area contributed by atoms with Crippen molar-refractivity contribution in [3.63, 3.8) is 0 Å². The van der Waals surface area contributed by atoms with Crippen LogP contribution in [0, 0.1) is 11.8 Å². The first-order valence-electron chi connectivity index (χ1n) is 9.22. The Morgan fingerprint density at radius 2 is 1.96 bits per heavy atom. The predicted octanol–water partition coefficient (Wildman–Crippen LogP) is 2.31. The minimum atomic E-state index is -0.0617. The lowest BCUT2D eigenvalue weighted by Gasteiger charge is -2.26. The van der Waals surface area contributed by atoms with Gasteiger partial charge in [0.15, 0.2) is 0 Å². The zero-order valence-electron chi connectivity index (χ0n) is 14.6. The van der Waals surface area contributed by atoms with Crippen molar-refractivity contribution >= 4 is 28.9 Å². The van der Waals surface area contributed by atoms with Crippen LogP contribution in [0.1, 0.15) is 58.3 Å². The number of hydrogen-bond acceptors (Lipinski definition) is 4. The van der Waals surface area contributed by atoms with Crippen LogP contribution in [0.3, 0.4) is 0 Å². The highest BCUT2D eigenvalue weighted by Crippen LogP contribution is 2.37. The molecule has 134 valence electrons. The summed E-state index contributed by atoms with van der Waals surface area (Å²) >= 11 is 1.61. The van der Waals surface area contributed by atoms with Crippen molar-refractivity contribution in [3.8, 4) is 0 Å². The van der Waals surface area contributed by atoms with Gasteiger partial charge in [0.2, 0.25) is 5.91 Å². The third-order valence-electron chi connectivity index (χ3n) is 5.41. The first kappa shape index (κ1) is 16.8. The maximum atomic E-state index is 12.9. The van der Waals surface area contributed by atoms with Crippen molar-refractivity contribution < 1.29 is 14.4 Å². The third-order valence-corrected chi connectivity index (χ3v) is 6.70. The molecule has 2 amide bonds. The van der Waals surface area contributed by atoms with Crippen LogP contribution in [-0.2, 0) is 29.0 Å². The average Bonchev–Trinajstić information content (AvgIpc) is 3.48. The van der Waals surface area contributed by atoms with Gasteiger partial charge in [0.25, 0.3) is 5.91 Å². The van der Waals surface area contributed by atoms with Gasteiger partial charge in [-0.05, 0) is 43.6 Å². The monoisotopic (exact) mass is 360 g/mol. The lowest BCUT2D eigenvalue weighted by atomic mass is 10.00. The molecule has 25 heavy (non-hydrogen) atoms. The van der Waals surface area contributed by atoms with Crippen molar-refractivity contribution in [2.75, 3.05) is 13.1 Å². The Morgan fingerprint density at radius 1 is 1.20 bits per heavy atom. The van der Waals surface area contributed by atoms with E-state index in [0.717, 1.165) is 36.2 Å². The molecule has 0 spiro atoms. The molecule has 0 radical (unpaired) electrons. The van der Waals surface area contributed by atoms with Crippen molar-refractivity contribution in [1.82, 2.24) is 10.2 Å². The first-order chi connectivity index (χ1) is 12.0. The molecule has 2 saturated carbocycles. The summed E-state index contributed by atoms with van der Waals surface area (Å²) in [6.07, 6.45) is 5.51. The Bertz CT molecular complexity index is 731. The molecule has 0 aromatic carbocycles. The molecular formula is C19H24N2O3S. The largest absolute Gasteiger partial charge is 0.352 e. The molecule has 1 N–H and O–H groups in total. The van der Waals surface area contributed by atoms with Gasteiger partial charge in [0, 0.05) is 48.7 Å². The lowest BCUT2D eigenvalue weighted by Crippen LogP contribution is -2.35. The van der Waals surface area contributed by atoms with Crippen LogP contribution in [0.25, 0.3) is 0 Å². The molecule has 1 aromatic heterocycles. The smallest absolute Gasteiger partial charge is 0.252 e. The number of nitrogens with zero attached hydrogens (tertiary/aromatic N) is 1. The second kappa shape index (κ2) is 6.56. The van der Waals surface area contributed by atoms with E-state index in [9.17, 15) is 14.4 Å². The van der Waals surface area contributed by atoms with E-state index in [-0.39, 0.29) is 23.5 Å². The maximum absolute atomic E-state index is 12.9. The highest BCUT2D eigenvalue weighted by Gasteiger charge is 2.34. The van der Waals surface area contributed by atoms with E-state index in [2.05, 4.69) is 5.32 Å². The molecule has 6 heteroatoms. The molecule has 2 heterocycles. The summed E-state index contributed by atoms with van der Waals surface area (Å²) in [6.45, 7) is 3.48. The van der Waals surface area contributed by atoms with Crippen molar-refractivity contribution in [2.24, 2.45) is 11.8 Å². The molecule has 1 aliphatic heterocycles. The fourth-order valence-corrected chi connectivity index (χ4v) is 4.77. The fourth-order valence-electron chi connectivity index (χ4n) is 3.46. The number of amides is 2. The van der Waals surface area contributed by atoms with Gasteiger partial charge in [0.1, 0.15) is 5.78 Å². The van der Waals surface area contributed by atoms with Crippen LogP contribution in [0.2, 0.25) is 0 Å². The van der Waals surface area contributed by atoms with Crippen molar-refractivity contribution in [1.29, 1.82) is 0 Å². The summed E-state index contributed by atoms with van der Waals surface area (Å²) < 4.78 is 0. The second-order valence-corrected chi connectivity index (χ2v) is 8.75. The third kappa shape index (κ3) is 3.64. The van der Waals surface area contributed by atoms with Gasteiger partial charge in [-0.15, -0.1) is 11.3 Å². The Morgan fingerprint density at radius 3 is 2.60 bits per heavy atom. The van der Waals surface area contributed by atoms with Gasteiger partial charge in [0.05, 0.1) is 5.56 Å². The Kier molecular flexibility index (Phi) is 4.40. The van der Waals surface area contributed by atoms with E-state index < -0.39 is 0 Å². The van der Waals surface area contributed by atoms with Gasteiger partial charge in [-0.2, -0.15) is 0 Å². The average molecular weight is 360 g/mol.